The number of esters is 2. The molecule has 1 aliphatic heterocycles. The van der Waals surface area contributed by atoms with Crippen molar-refractivity contribution in [2.45, 2.75) is 224 Å². The summed E-state index contributed by atoms with van der Waals surface area (Å²) < 4.78 is 54.0. The van der Waals surface area contributed by atoms with E-state index < -0.39 is 71.2 Å². The van der Waals surface area contributed by atoms with E-state index in [0.717, 1.165) is 64.2 Å². The second-order valence-corrected chi connectivity index (χ2v) is 17.2. The zero-order valence-corrected chi connectivity index (χ0v) is 36.3. The van der Waals surface area contributed by atoms with Crippen LogP contribution in [-0.4, -0.2) is 96.0 Å². The van der Waals surface area contributed by atoms with E-state index in [0.29, 0.717) is 12.8 Å². The average molecular weight is 833 g/mol. The molecule has 2 unspecified atom stereocenters. The molecule has 334 valence electrons. The summed E-state index contributed by atoms with van der Waals surface area (Å²) in [5.41, 5.74) is 0. The maximum absolute atomic E-state index is 12.8. The molecule has 0 bridgehead atoms. The molecule has 1 heterocycles. The van der Waals surface area contributed by atoms with Gasteiger partial charge in [0.15, 0.2) is 12.4 Å². The SMILES string of the molecule is CCCC/C=C/C/C=C/CCCCCCCC(=O)O[C@H](COC(=O)CCCCCCCCCCCCCCCCC)CO[C@H]1O[C@H](CS(=O)(=O)O)[C@@H](O)C(O)C1O. The summed E-state index contributed by atoms with van der Waals surface area (Å²) in [6.07, 6.45) is 27.9. The van der Waals surface area contributed by atoms with Gasteiger partial charge in [-0.2, -0.15) is 8.42 Å². The van der Waals surface area contributed by atoms with Crippen molar-refractivity contribution < 1.29 is 56.8 Å². The third-order valence-corrected chi connectivity index (χ3v) is 11.0. The maximum atomic E-state index is 12.8. The van der Waals surface area contributed by atoms with Gasteiger partial charge in [-0.05, 0) is 38.5 Å². The van der Waals surface area contributed by atoms with Crippen LogP contribution in [0.1, 0.15) is 187 Å². The van der Waals surface area contributed by atoms with Crippen molar-refractivity contribution in [2.75, 3.05) is 19.0 Å². The van der Waals surface area contributed by atoms with Crippen molar-refractivity contribution >= 4 is 22.1 Å². The van der Waals surface area contributed by atoms with Crippen LogP contribution < -0.4 is 0 Å². The monoisotopic (exact) mass is 833 g/mol. The first-order valence-electron chi connectivity index (χ1n) is 22.4. The van der Waals surface area contributed by atoms with Gasteiger partial charge in [0.25, 0.3) is 10.1 Å². The number of hydrogen-bond donors (Lipinski definition) is 4. The lowest BCUT2D eigenvalue weighted by molar-refractivity contribution is -0.297. The Balaban J connectivity index is 2.46. The molecule has 0 aromatic carbocycles. The standard InChI is InChI=1S/C44H80O12S/c1-3-5-7-9-11-13-15-17-19-21-22-24-26-28-30-32-39(45)53-34-37(35-54-44-43(49)42(48)41(47)38(56-44)36-57(50,51)52)55-40(46)33-31-29-27-25-23-20-18-16-14-12-10-8-6-4-2/h10,12,16,18,37-38,41-44,47-49H,3-9,11,13-15,17,19-36H2,1-2H3,(H,50,51,52)/b12-10+,18-16+/t37-,38-,41-,42?,43?,44+/m1/s1. The van der Waals surface area contributed by atoms with E-state index >= 15 is 0 Å². The highest BCUT2D eigenvalue weighted by atomic mass is 32.2. The number of allylic oxidation sites excluding steroid dienone is 4. The van der Waals surface area contributed by atoms with Gasteiger partial charge in [-0.25, -0.2) is 0 Å². The highest BCUT2D eigenvalue weighted by molar-refractivity contribution is 7.85. The van der Waals surface area contributed by atoms with Crippen LogP contribution in [0.2, 0.25) is 0 Å². The zero-order valence-electron chi connectivity index (χ0n) is 35.4. The molecule has 12 nitrogen and oxygen atoms in total. The van der Waals surface area contributed by atoms with E-state index in [1.54, 1.807) is 0 Å². The Hall–Kier alpha value is -1.87. The van der Waals surface area contributed by atoms with Crippen molar-refractivity contribution in [3.8, 4) is 0 Å². The molecule has 13 heteroatoms. The average Bonchev–Trinajstić information content (AvgIpc) is 3.17. The summed E-state index contributed by atoms with van der Waals surface area (Å²) in [6.45, 7) is 3.71. The Labute approximate surface area is 345 Å². The molecule has 1 aliphatic rings. The maximum Gasteiger partial charge on any atom is 0.306 e. The van der Waals surface area contributed by atoms with Gasteiger partial charge in [0.1, 0.15) is 36.8 Å². The smallest absolute Gasteiger partial charge is 0.306 e. The summed E-state index contributed by atoms with van der Waals surface area (Å²) in [7, 11) is -4.60. The second kappa shape index (κ2) is 34.9. The van der Waals surface area contributed by atoms with Gasteiger partial charge in [-0.15, -0.1) is 0 Å². The third kappa shape index (κ3) is 29.9. The van der Waals surface area contributed by atoms with Gasteiger partial charge in [0, 0.05) is 12.8 Å². The Bertz CT molecular complexity index is 1160. The summed E-state index contributed by atoms with van der Waals surface area (Å²) in [5, 5.41) is 30.8. The molecule has 1 fully saturated rings. The van der Waals surface area contributed by atoms with Crippen molar-refractivity contribution in [3.63, 3.8) is 0 Å². The molecule has 0 aromatic rings. The molecule has 0 spiro atoms. The Morgan fingerprint density at radius 1 is 0.596 bits per heavy atom. The van der Waals surface area contributed by atoms with Crippen molar-refractivity contribution in [3.05, 3.63) is 24.3 Å². The molecule has 4 N–H and O–H groups in total. The number of hydrogen-bond acceptors (Lipinski definition) is 11. The molecule has 0 amide bonds. The van der Waals surface area contributed by atoms with Crippen molar-refractivity contribution in [1.82, 2.24) is 0 Å². The van der Waals surface area contributed by atoms with Gasteiger partial charge in [-0.1, -0.05) is 160 Å². The highest BCUT2D eigenvalue weighted by Gasteiger charge is 2.46. The van der Waals surface area contributed by atoms with Crippen LogP contribution in [-0.2, 0) is 38.7 Å². The zero-order chi connectivity index (χ0) is 42.0. The van der Waals surface area contributed by atoms with Crippen LogP contribution in [0.4, 0.5) is 0 Å². The van der Waals surface area contributed by atoms with Gasteiger partial charge in [-0.3, -0.25) is 14.1 Å². The molecule has 57 heavy (non-hydrogen) atoms. The van der Waals surface area contributed by atoms with Gasteiger partial charge >= 0.3 is 11.9 Å². The van der Waals surface area contributed by atoms with E-state index in [1.165, 1.54) is 83.5 Å². The largest absolute Gasteiger partial charge is 0.462 e. The van der Waals surface area contributed by atoms with Gasteiger partial charge in [0.2, 0.25) is 0 Å². The number of aliphatic hydroxyl groups excluding tert-OH is 3. The Morgan fingerprint density at radius 2 is 1.07 bits per heavy atom. The first kappa shape index (κ1) is 53.1. The fourth-order valence-electron chi connectivity index (χ4n) is 6.75. The van der Waals surface area contributed by atoms with E-state index in [9.17, 15) is 37.9 Å². The van der Waals surface area contributed by atoms with Crippen LogP contribution >= 0.6 is 0 Å². The molecule has 0 aromatic heterocycles. The fourth-order valence-corrected chi connectivity index (χ4v) is 7.44. The minimum Gasteiger partial charge on any atom is -0.462 e. The first-order valence-corrected chi connectivity index (χ1v) is 24.0. The van der Waals surface area contributed by atoms with Crippen LogP contribution in [0.15, 0.2) is 24.3 Å². The molecule has 1 saturated heterocycles. The van der Waals surface area contributed by atoms with Crippen LogP contribution in [0.25, 0.3) is 0 Å². The van der Waals surface area contributed by atoms with Gasteiger partial charge < -0.3 is 34.3 Å². The highest BCUT2D eigenvalue weighted by Crippen LogP contribution is 2.24. The topological polar surface area (TPSA) is 186 Å². The van der Waals surface area contributed by atoms with Gasteiger partial charge in [0.05, 0.1) is 6.61 Å². The molecule has 0 saturated carbocycles. The normalized spacial score (nSPS) is 20.7. The number of ether oxygens (including phenoxy) is 4. The predicted molar refractivity (Wildman–Crippen MR) is 224 cm³/mol. The fraction of sp³-hybridized carbons (Fsp3) is 0.864. The van der Waals surface area contributed by atoms with Crippen LogP contribution in [0.5, 0.6) is 0 Å². The molecular weight excluding hydrogens is 753 g/mol. The van der Waals surface area contributed by atoms with Crippen LogP contribution in [0.3, 0.4) is 0 Å². The van der Waals surface area contributed by atoms with E-state index in [-0.39, 0.29) is 19.4 Å². The number of carbonyl (C=O) groups excluding carboxylic acids is 2. The summed E-state index contributed by atoms with van der Waals surface area (Å²) in [4.78, 5) is 25.4. The third-order valence-electron chi connectivity index (χ3n) is 10.3. The first-order chi connectivity index (χ1) is 27.5. The Morgan fingerprint density at radius 3 is 1.60 bits per heavy atom. The number of unbranched alkanes of at least 4 members (excludes halogenated alkanes) is 21. The summed E-state index contributed by atoms with van der Waals surface area (Å²) in [5.74, 6) is -1.99. The van der Waals surface area contributed by atoms with Crippen LogP contribution in [0, 0.1) is 0 Å². The summed E-state index contributed by atoms with van der Waals surface area (Å²) in [6, 6.07) is 0. The lowest BCUT2D eigenvalue weighted by atomic mass is 10.00. The van der Waals surface area contributed by atoms with E-state index in [4.69, 9.17) is 18.9 Å². The summed E-state index contributed by atoms with van der Waals surface area (Å²) >= 11 is 0. The molecule has 0 aliphatic carbocycles. The minimum absolute atomic E-state index is 0.151. The molecule has 6 atom stereocenters. The lowest BCUT2D eigenvalue weighted by Gasteiger charge is -2.40. The van der Waals surface area contributed by atoms with Crippen molar-refractivity contribution in [1.29, 1.82) is 0 Å². The van der Waals surface area contributed by atoms with E-state index in [2.05, 4.69) is 38.2 Å². The minimum atomic E-state index is -4.60. The number of carbonyl (C=O) groups is 2. The molecule has 0 radical (unpaired) electrons. The predicted octanol–water partition coefficient (Wildman–Crippen LogP) is 8.84. The number of rotatable bonds is 37. The lowest BCUT2D eigenvalue weighted by Crippen LogP contribution is -2.60. The second-order valence-electron chi connectivity index (χ2n) is 15.7. The molecular formula is C44H80O12S. The van der Waals surface area contributed by atoms with Crippen molar-refractivity contribution in [2.24, 2.45) is 0 Å². The number of aliphatic hydroxyl groups is 3. The molecule has 1 rings (SSSR count). The van der Waals surface area contributed by atoms with E-state index in [1.807, 2.05) is 0 Å². The quantitative estimate of drug-likeness (QED) is 0.0202. The Kier molecular flexibility index (Phi) is 32.6.